The summed E-state index contributed by atoms with van der Waals surface area (Å²) in [5.74, 6) is 1.46. The fourth-order valence-corrected chi connectivity index (χ4v) is 1.74. The van der Waals surface area contributed by atoms with Crippen molar-refractivity contribution in [2.24, 2.45) is 5.73 Å². The van der Waals surface area contributed by atoms with Gasteiger partial charge in [-0.25, -0.2) is 0 Å². The number of H-pyrrole nitrogens is 1. The Morgan fingerprint density at radius 3 is 3.06 bits per heavy atom. The molecule has 6 heteroatoms. The predicted octanol–water partition coefficient (Wildman–Crippen LogP) is 1.40. The van der Waals surface area contributed by atoms with Gasteiger partial charge in [0.25, 0.3) is 0 Å². The Balaban J connectivity index is 2.57. The van der Waals surface area contributed by atoms with Gasteiger partial charge in [0, 0.05) is 6.07 Å². The zero-order valence-electron chi connectivity index (χ0n) is 8.80. The first-order valence-corrected chi connectivity index (χ1v) is 5.18. The molecule has 0 atom stereocenters. The molecular formula is C10H12N4OS. The van der Waals surface area contributed by atoms with Crippen molar-refractivity contribution < 1.29 is 4.74 Å². The fraction of sp³-hybridized carbons (Fsp3) is 0.200. The molecule has 1 aromatic heterocycles. The number of aromatic amines is 1. The monoisotopic (exact) mass is 236 g/mol. The Hall–Kier alpha value is -1.66. The van der Waals surface area contributed by atoms with E-state index in [4.69, 9.17) is 22.7 Å². The first-order valence-electron chi connectivity index (χ1n) is 4.77. The van der Waals surface area contributed by atoms with Crippen LogP contribution in [0.25, 0.3) is 5.69 Å². The first kappa shape index (κ1) is 10.8. The minimum absolute atomic E-state index is 0.324. The van der Waals surface area contributed by atoms with E-state index in [0.717, 1.165) is 11.4 Å². The van der Waals surface area contributed by atoms with Crippen LogP contribution in [0.3, 0.4) is 0 Å². The molecule has 2 rings (SSSR count). The highest BCUT2D eigenvalue weighted by Gasteiger charge is 2.06. The number of rotatable bonds is 3. The molecule has 0 aliphatic rings. The van der Waals surface area contributed by atoms with E-state index in [1.807, 2.05) is 24.3 Å². The van der Waals surface area contributed by atoms with Gasteiger partial charge in [-0.2, -0.15) is 5.10 Å². The molecule has 3 N–H and O–H groups in total. The third-order valence-corrected chi connectivity index (χ3v) is 2.51. The summed E-state index contributed by atoms with van der Waals surface area (Å²) in [5.41, 5.74) is 6.48. The Morgan fingerprint density at radius 2 is 2.38 bits per heavy atom. The normalized spacial score (nSPS) is 10.4. The summed E-state index contributed by atoms with van der Waals surface area (Å²) >= 11 is 5.15. The van der Waals surface area contributed by atoms with Crippen molar-refractivity contribution in [1.29, 1.82) is 0 Å². The highest BCUT2D eigenvalue weighted by atomic mass is 32.1. The molecule has 84 valence electrons. The maximum absolute atomic E-state index is 5.59. The Labute approximate surface area is 97.9 Å². The Morgan fingerprint density at radius 1 is 1.56 bits per heavy atom. The molecular weight excluding hydrogens is 224 g/mol. The molecule has 0 amide bonds. The van der Waals surface area contributed by atoms with E-state index in [9.17, 15) is 0 Å². The van der Waals surface area contributed by atoms with E-state index >= 15 is 0 Å². The van der Waals surface area contributed by atoms with E-state index in [1.165, 1.54) is 0 Å². The number of methoxy groups -OCH3 is 1. The van der Waals surface area contributed by atoms with Crippen LogP contribution >= 0.6 is 12.2 Å². The van der Waals surface area contributed by atoms with Crippen molar-refractivity contribution in [3.63, 3.8) is 0 Å². The summed E-state index contributed by atoms with van der Waals surface area (Å²) in [5, 5.41) is 6.77. The van der Waals surface area contributed by atoms with Crippen LogP contribution in [0, 0.1) is 4.77 Å². The molecule has 0 radical (unpaired) electrons. The van der Waals surface area contributed by atoms with Crippen molar-refractivity contribution in [2.45, 2.75) is 6.54 Å². The zero-order valence-corrected chi connectivity index (χ0v) is 9.62. The number of aromatic nitrogens is 3. The topological polar surface area (TPSA) is 68.9 Å². The smallest absolute Gasteiger partial charge is 0.199 e. The molecule has 0 saturated heterocycles. The zero-order chi connectivity index (χ0) is 11.5. The molecule has 0 aliphatic carbocycles. The summed E-state index contributed by atoms with van der Waals surface area (Å²) in [6.45, 7) is 0.324. The van der Waals surface area contributed by atoms with Gasteiger partial charge < -0.3 is 10.5 Å². The molecule has 0 bridgehead atoms. The van der Waals surface area contributed by atoms with Crippen molar-refractivity contribution in [2.75, 3.05) is 7.11 Å². The van der Waals surface area contributed by atoms with Crippen molar-refractivity contribution in [3.8, 4) is 11.4 Å². The van der Waals surface area contributed by atoms with Gasteiger partial charge >= 0.3 is 0 Å². The quantitative estimate of drug-likeness (QED) is 0.790. The summed E-state index contributed by atoms with van der Waals surface area (Å²) in [7, 11) is 1.62. The lowest BCUT2D eigenvalue weighted by Gasteiger charge is -2.06. The molecule has 0 saturated carbocycles. The maximum atomic E-state index is 5.59. The summed E-state index contributed by atoms with van der Waals surface area (Å²) < 4.78 is 7.47. The van der Waals surface area contributed by atoms with Gasteiger partial charge in [-0.15, -0.1) is 0 Å². The van der Waals surface area contributed by atoms with Crippen LogP contribution in [-0.4, -0.2) is 21.9 Å². The molecule has 0 unspecified atom stereocenters. The van der Waals surface area contributed by atoms with Crippen LogP contribution in [0.15, 0.2) is 24.3 Å². The SMILES string of the molecule is COc1cccc(-n2c(CN)n[nH]c2=S)c1. The van der Waals surface area contributed by atoms with Gasteiger partial charge in [-0.1, -0.05) is 6.07 Å². The number of ether oxygens (including phenoxy) is 1. The molecule has 5 nitrogen and oxygen atoms in total. The summed E-state index contributed by atoms with van der Waals surface area (Å²) in [4.78, 5) is 0. The van der Waals surface area contributed by atoms with Crippen LogP contribution < -0.4 is 10.5 Å². The Kier molecular flexibility index (Phi) is 3.02. The molecule has 0 fully saturated rings. The molecule has 2 aromatic rings. The number of nitrogens with zero attached hydrogens (tertiary/aromatic N) is 2. The third-order valence-electron chi connectivity index (χ3n) is 2.24. The second kappa shape index (κ2) is 4.46. The Bertz CT molecular complexity index is 546. The number of nitrogens with two attached hydrogens (primary N) is 1. The molecule has 0 aliphatic heterocycles. The van der Waals surface area contributed by atoms with E-state index in [-0.39, 0.29) is 0 Å². The minimum atomic E-state index is 0.324. The van der Waals surface area contributed by atoms with Gasteiger partial charge in [-0.05, 0) is 24.4 Å². The van der Waals surface area contributed by atoms with Gasteiger partial charge in [0.05, 0.1) is 19.3 Å². The van der Waals surface area contributed by atoms with E-state index in [2.05, 4.69) is 10.2 Å². The van der Waals surface area contributed by atoms with Crippen molar-refractivity contribution >= 4 is 12.2 Å². The molecule has 1 heterocycles. The van der Waals surface area contributed by atoms with Crippen LogP contribution in [0.2, 0.25) is 0 Å². The van der Waals surface area contributed by atoms with Gasteiger partial charge in [0.1, 0.15) is 11.6 Å². The van der Waals surface area contributed by atoms with Crippen molar-refractivity contribution in [3.05, 3.63) is 34.9 Å². The highest BCUT2D eigenvalue weighted by Crippen LogP contribution is 2.17. The molecule has 1 aromatic carbocycles. The lowest BCUT2D eigenvalue weighted by atomic mass is 10.3. The third kappa shape index (κ3) is 1.84. The predicted molar refractivity (Wildman–Crippen MR) is 63.2 cm³/mol. The second-order valence-corrected chi connectivity index (χ2v) is 3.57. The first-order chi connectivity index (χ1) is 7.76. The minimum Gasteiger partial charge on any atom is -0.497 e. The lowest BCUT2D eigenvalue weighted by Crippen LogP contribution is -2.06. The summed E-state index contributed by atoms with van der Waals surface area (Å²) in [6, 6.07) is 7.57. The number of hydrogen-bond donors (Lipinski definition) is 2. The van der Waals surface area contributed by atoms with E-state index in [1.54, 1.807) is 11.7 Å². The average Bonchev–Trinajstić information content (AvgIpc) is 2.70. The molecule has 16 heavy (non-hydrogen) atoms. The second-order valence-electron chi connectivity index (χ2n) is 3.19. The van der Waals surface area contributed by atoms with Crippen LogP contribution in [-0.2, 0) is 6.54 Å². The van der Waals surface area contributed by atoms with Crippen LogP contribution in [0.5, 0.6) is 5.75 Å². The number of hydrogen-bond acceptors (Lipinski definition) is 4. The standard InChI is InChI=1S/C10H12N4OS/c1-15-8-4-2-3-7(5-8)14-9(6-11)12-13-10(14)16/h2-5H,6,11H2,1H3,(H,13,16). The number of nitrogens with one attached hydrogen (secondary N) is 1. The summed E-state index contributed by atoms with van der Waals surface area (Å²) in [6.07, 6.45) is 0. The van der Waals surface area contributed by atoms with Crippen LogP contribution in [0.4, 0.5) is 0 Å². The van der Waals surface area contributed by atoms with Crippen LogP contribution in [0.1, 0.15) is 5.82 Å². The maximum Gasteiger partial charge on any atom is 0.199 e. The highest BCUT2D eigenvalue weighted by molar-refractivity contribution is 7.71. The number of benzene rings is 1. The van der Waals surface area contributed by atoms with Gasteiger partial charge in [-0.3, -0.25) is 9.67 Å². The molecule has 0 spiro atoms. The van der Waals surface area contributed by atoms with Gasteiger partial charge in [0.15, 0.2) is 4.77 Å². The largest absolute Gasteiger partial charge is 0.497 e. The average molecular weight is 236 g/mol. The van der Waals surface area contributed by atoms with E-state index < -0.39 is 0 Å². The lowest BCUT2D eigenvalue weighted by molar-refractivity contribution is 0.414. The van der Waals surface area contributed by atoms with Gasteiger partial charge in [0.2, 0.25) is 0 Å². The van der Waals surface area contributed by atoms with Crippen molar-refractivity contribution in [1.82, 2.24) is 14.8 Å². The fourth-order valence-electron chi connectivity index (χ4n) is 1.48. The van der Waals surface area contributed by atoms with E-state index in [0.29, 0.717) is 17.1 Å².